The minimum Gasteiger partial charge on any atom is -0.342 e. The van der Waals surface area contributed by atoms with E-state index in [-0.39, 0.29) is 17.6 Å². The molecular formula is C20H28FN3O2. The summed E-state index contributed by atoms with van der Waals surface area (Å²) in [5.74, 6) is 0.510. The molecule has 0 spiro atoms. The third-order valence-electron chi connectivity index (χ3n) is 5.46. The van der Waals surface area contributed by atoms with Gasteiger partial charge in [-0.3, -0.25) is 14.5 Å². The van der Waals surface area contributed by atoms with E-state index in [2.05, 4.69) is 11.8 Å². The highest BCUT2D eigenvalue weighted by Crippen LogP contribution is 2.16. The van der Waals surface area contributed by atoms with Gasteiger partial charge in [-0.05, 0) is 49.4 Å². The molecule has 2 amide bonds. The topological polar surface area (TPSA) is 43.9 Å². The second-order valence-corrected chi connectivity index (χ2v) is 7.49. The molecule has 6 heteroatoms. The molecule has 2 aliphatic rings. The van der Waals surface area contributed by atoms with E-state index in [1.807, 2.05) is 4.90 Å². The fraction of sp³-hybridized carbons (Fsp3) is 0.600. The summed E-state index contributed by atoms with van der Waals surface area (Å²) in [5, 5.41) is 0. The lowest BCUT2D eigenvalue weighted by atomic mass is 9.99. The Morgan fingerprint density at radius 3 is 2.35 bits per heavy atom. The van der Waals surface area contributed by atoms with Gasteiger partial charge in [0.05, 0.1) is 6.54 Å². The first-order valence-corrected chi connectivity index (χ1v) is 9.58. The van der Waals surface area contributed by atoms with Crippen molar-refractivity contribution < 1.29 is 14.0 Å². The number of carbonyl (C=O) groups is 2. The summed E-state index contributed by atoms with van der Waals surface area (Å²) < 4.78 is 13.0. The molecule has 0 saturated carbocycles. The summed E-state index contributed by atoms with van der Waals surface area (Å²) in [6, 6.07) is 5.69. The van der Waals surface area contributed by atoms with E-state index in [4.69, 9.17) is 0 Å². The largest absolute Gasteiger partial charge is 0.342 e. The zero-order chi connectivity index (χ0) is 18.5. The standard InChI is InChI=1S/C20H28FN3O2/c1-16-7-11-23(12-8-16)19(25)15-22-9-2-10-24(14-13-22)20(26)17-3-5-18(21)6-4-17/h3-6,16H,2,7-15H2,1H3. The lowest BCUT2D eigenvalue weighted by Gasteiger charge is -2.32. The van der Waals surface area contributed by atoms with Gasteiger partial charge < -0.3 is 9.80 Å². The van der Waals surface area contributed by atoms with Crippen LogP contribution in [0.25, 0.3) is 0 Å². The number of benzene rings is 1. The molecule has 2 saturated heterocycles. The van der Waals surface area contributed by atoms with Crippen LogP contribution in [-0.2, 0) is 4.79 Å². The van der Waals surface area contributed by atoms with Crippen LogP contribution in [0, 0.1) is 11.7 Å². The van der Waals surface area contributed by atoms with Crippen molar-refractivity contribution in [2.75, 3.05) is 45.8 Å². The van der Waals surface area contributed by atoms with Crippen molar-refractivity contribution in [3.8, 4) is 0 Å². The van der Waals surface area contributed by atoms with E-state index < -0.39 is 0 Å². The SMILES string of the molecule is CC1CCN(C(=O)CN2CCCN(C(=O)c3ccc(F)cc3)CC2)CC1. The van der Waals surface area contributed by atoms with E-state index in [9.17, 15) is 14.0 Å². The second kappa shape index (κ2) is 8.62. The van der Waals surface area contributed by atoms with Crippen molar-refractivity contribution in [3.05, 3.63) is 35.6 Å². The third kappa shape index (κ3) is 4.81. The average Bonchev–Trinajstić information content (AvgIpc) is 2.88. The van der Waals surface area contributed by atoms with Crippen LogP contribution in [0.2, 0.25) is 0 Å². The smallest absolute Gasteiger partial charge is 0.253 e. The number of nitrogens with zero attached hydrogens (tertiary/aromatic N) is 3. The van der Waals surface area contributed by atoms with Crippen LogP contribution in [0.3, 0.4) is 0 Å². The molecule has 142 valence electrons. The normalized spacial score (nSPS) is 20.1. The molecule has 0 bridgehead atoms. The Kier molecular flexibility index (Phi) is 6.25. The predicted molar refractivity (Wildman–Crippen MR) is 98.3 cm³/mol. The molecule has 3 rings (SSSR count). The molecular weight excluding hydrogens is 333 g/mol. The maximum absolute atomic E-state index is 13.0. The Morgan fingerprint density at radius 2 is 1.65 bits per heavy atom. The molecule has 0 N–H and O–H groups in total. The Morgan fingerprint density at radius 1 is 0.962 bits per heavy atom. The average molecular weight is 361 g/mol. The zero-order valence-electron chi connectivity index (χ0n) is 15.5. The van der Waals surface area contributed by atoms with Gasteiger partial charge in [-0.25, -0.2) is 4.39 Å². The van der Waals surface area contributed by atoms with Gasteiger partial charge in [0.2, 0.25) is 5.91 Å². The first-order valence-electron chi connectivity index (χ1n) is 9.58. The molecule has 0 unspecified atom stereocenters. The molecule has 5 nitrogen and oxygen atoms in total. The van der Waals surface area contributed by atoms with Gasteiger partial charge in [0, 0.05) is 44.8 Å². The highest BCUT2D eigenvalue weighted by atomic mass is 19.1. The molecule has 26 heavy (non-hydrogen) atoms. The maximum Gasteiger partial charge on any atom is 0.253 e. The van der Waals surface area contributed by atoms with E-state index in [0.717, 1.165) is 38.9 Å². The van der Waals surface area contributed by atoms with Gasteiger partial charge in [-0.1, -0.05) is 6.92 Å². The summed E-state index contributed by atoms with van der Waals surface area (Å²) in [6.45, 7) is 7.19. The Bertz CT molecular complexity index is 626. The van der Waals surface area contributed by atoms with Gasteiger partial charge in [0.15, 0.2) is 0 Å². The molecule has 2 heterocycles. The molecule has 2 fully saturated rings. The van der Waals surface area contributed by atoms with E-state index in [0.29, 0.717) is 37.7 Å². The minimum atomic E-state index is -0.339. The number of hydrogen-bond acceptors (Lipinski definition) is 3. The van der Waals surface area contributed by atoms with E-state index >= 15 is 0 Å². The summed E-state index contributed by atoms with van der Waals surface area (Å²) in [7, 11) is 0. The fourth-order valence-electron chi connectivity index (χ4n) is 3.66. The number of amides is 2. The zero-order valence-corrected chi connectivity index (χ0v) is 15.5. The highest BCUT2D eigenvalue weighted by Gasteiger charge is 2.25. The molecule has 0 aliphatic carbocycles. The lowest BCUT2D eigenvalue weighted by molar-refractivity contribution is -0.133. The van der Waals surface area contributed by atoms with Crippen LogP contribution in [0.15, 0.2) is 24.3 Å². The van der Waals surface area contributed by atoms with E-state index in [1.165, 1.54) is 24.3 Å². The molecule has 0 atom stereocenters. The van der Waals surface area contributed by atoms with Crippen molar-refractivity contribution >= 4 is 11.8 Å². The van der Waals surface area contributed by atoms with Crippen LogP contribution in [0.4, 0.5) is 4.39 Å². The minimum absolute atomic E-state index is 0.0665. The van der Waals surface area contributed by atoms with Gasteiger partial charge in [-0.2, -0.15) is 0 Å². The van der Waals surface area contributed by atoms with Crippen LogP contribution >= 0.6 is 0 Å². The number of likely N-dealkylation sites (tertiary alicyclic amines) is 1. The summed E-state index contributed by atoms with van der Waals surface area (Å²) in [6.07, 6.45) is 3.02. The van der Waals surface area contributed by atoms with Crippen LogP contribution in [-0.4, -0.2) is 72.3 Å². The lowest BCUT2D eigenvalue weighted by Crippen LogP contribution is -2.45. The van der Waals surface area contributed by atoms with Gasteiger partial charge in [0.25, 0.3) is 5.91 Å². The van der Waals surface area contributed by atoms with Crippen LogP contribution in [0.5, 0.6) is 0 Å². The maximum atomic E-state index is 13.0. The molecule has 2 aliphatic heterocycles. The number of piperidine rings is 1. The van der Waals surface area contributed by atoms with Gasteiger partial charge in [-0.15, -0.1) is 0 Å². The number of hydrogen-bond donors (Lipinski definition) is 0. The summed E-state index contributed by atoms with van der Waals surface area (Å²) >= 11 is 0. The number of rotatable bonds is 3. The highest BCUT2D eigenvalue weighted by molar-refractivity contribution is 5.94. The molecule has 1 aromatic rings. The van der Waals surface area contributed by atoms with Gasteiger partial charge in [0.1, 0.15) is 5.82 Å². The first kappa shape index (κ1) is 18.8. The van der Waals surface area contributed by atoms with Crippen LogP contribution < -0.4 is 0 Å². The first-order chi connectivity index (χ1) is 12.5. The van der Waals surface area contributed by atoms with Crippen molar-refractivity contribution in [2.24, 2.45) is 5.92 Å². The Hall–Kier alpha value is -1.95. The van der Waals surface area contributed by atoms with Crippen molar-refractivity contribution in [2.45, 2.75) is 26.2 Å². The Labute approximate surface area is 154 Å². The van der Waals surface area contributed by atoms with Crippen molar-refractivity contribution in [3.63, 3.8) is 0 Å². The number of halogens is 1. The van der Waals surface area contributed by atoms with E-state index in [1.54, 1.807) is 4.90 Å². The van der Waals surface area contributed by atoms with Crippen molar-refractivity contribution in [1.82, 2.24) is 14.7 Å². The monoisotopic (exact) mass is 361 g/mol. The predicted octanol–water partition coefficient (Wildman–Crippen LogP) is 2.23. The summed E-state index contributed by atoms with van der Waals surface area (Å²) in [4.78, 5) is 31.0. The van der Waals surface area contributed by atoms with Crippen LogP contribution in [0.1, 0.15) is 36.5 Å². The molecule has 1 aromatic carbocycles. The molecule has 0 aromatic heterocycles. The van der Waals surface area contributed by atoms with Crippen molar-refractivity contribution in [1.29, 1.82) is 0 Å². The van der Waals surface area contributed by atoms with Gasteiger partial charge >= 0.3 is 0 Å². The number of carbonyl (C=O) groups excluding carboxylic acids is 2. The Balaban J connectivity index is 1.50. The second-order valence-electron chi connectivity index (χ2n) is 7.49. The molecule has 0 radical (unpaired) electrons. The quantitative estimate of drug-likeness (QED) is 0.829. The fourth-order valence-corrected chi connectivity index (χ4v) is 3.66. The summed E-state index contributed by atoms with van der Waals surface area (Å²) in [5.41, 5.74) is 0.512. The third-order valence-corrected chi connectivity index (χ3v) is 5.46.